The molecule has 0 saturated heterocycles. The van der Waals surface area contributed by atoms with Crippen LogP contribution in [0.25, 0.3) is 0 Å². The number of benzene rings is 2. The lowest BCUT2D eigenvalue weighted by atomic mass is 10.2. The molecule has 0 bridgehead atoms. The first kappa shape index (κ1) is 15.9. The first-order valence-corrected chi connectivity index (χ1v) is 8.08. The Morgan fingerprint density at radius 2 is 1.68 bits per heavy atom. The summed E-state index contributed by atoms with van der Waals surface area (Å²) < 4.78 is 26.2. The molecule has 0 aliphatic rings. The summed E-state index contributed by atoms with van der Waals surface area (Å²) in [6.07, 6.45) is 1.46. The Bertz CT molecular complexity index is 754. The molecule has 2 aromatic rings. The topological polar surface area (TPSA) is 75.3 Å². The number of hydrogen-bond donors (Lipinski definition) is 2. The molecule has 0 atom stereocenters. The fraction of sp³-hybridized carbons (Fsp3) is 0.0625. The molecule has 2 aromatic carbocycles. The summed E-state index contributed by atoms with van der Waals surface area (Å²) in [5, 5.41) is 2.73. The van der Waals surface area contributed by atoms with Gasteiger partial charge in [-0.2, -0.15) is 0 Å². The van der Waals surface area contributed by atoms with Gasteiger partial charge in [0.05, 0.1) is 4.90 Å². The van der Waals surface area contributed by atoms with Crippen molar-refractivity contribution in [3.05, 3.63) is 72.8 Å². The number of carbonyl (C=O) groups is 1. The molecule has 0 saturated carbocycles. The molecule has 0 aliphatic carbocycles. The van der Waals surface area contributed by atoms with Crippen LogP contribution >= 0.6 is 0 Å². The van der Waals surface area contributed by atoms with Gasteiger partial charge in [-0.05, 0) is 36.4 Å². The molecule has 0 aromatic heterocycles. The van der Waals surface area contributed by atoms with Crippen molar-refractivity contribution in [3.8, 4) is 0 Å². The number of anilines is 1. The highest BCUT2D eigenvalue weighted by Crippen LogP contribution is 2.13. The van der Waals surface area contributed by atoms with Crippen molar-refractivity contribution in [1.82, 2.24) is 4.72 Å². The van der Waals surface area contributed by atoms with Crippen molar-refractivity contribution in [2.75, 3.05) is 11.9 Å². The molecule has 2 rings (SSSR count). The Balaban J connectivity index is 2.11. The van der Waals surface area contributed by atoms with Crippen molar-refractivity contribution >= 4 is 21.6 Å². The Hall–Kier alpha value is -2.44. The summed E-state index contributed by atoms with van der Waals surface area (Å²) in [6, 6.07) is 14.8. The first-order valence-electron chi connectivity index (χ1n) is 6.60. The second-order valence-corrected chi connectivity index (χ2v) is 6.25. The highest BCUT2D eigenvalue weighted by molar-refractivity contribution is 7.89. The van der Waals surface area contributed by atoms with E-state index >= 15 is 0 Å². The largest absolute Gasteiger partial charge is 0.322 e. The zero-order valence-electron chi connectivity index (χ0n) is 11.8. The number of rotatable bonds is 6. The summed E-state index contributed by atoms with van der Waals surface area (Å²) in [4.78, 5) is 12.2. The molecular formula is C16H16N2O3S. The molecule has 114 valence electrons. The number of carbonyl (C=O) groups excluding carboxylic acids is 1. The van der Waals surface area contributed by atoms with Gasteiger partial charge in [0, 0.05) is 17.8 Å². The van der Waals surface area contributed by atoms with Gasteiger partial charge in [-0.1, -0.05) is 24.3 Å². The highest BCUT2D eigenvalue weighted by Gasteiger charge is 2.13. The van der Waals surface area contributed by atoms with Gasteiger partial charge in [0.15, 0.2) is 0 Å². The lowest BCUT2D eigenvalue weighted by Crippen LogP contribution is -2.23. The first-order chi connectivity index (χ1) is 10.5. The van der Waals surface area contributed by atoms with E-state index in [2.05, 4.69) is 16.6 Å². The molecular weight excluding hydrogens is 300 g/mol. The van der Waals surface area contributed by atoms with Gasteiger partial charge in [0.1, 0.15) is 0 Å². The third-order valence-electron chi connectivity index (χ3n) is 2.88. The van der Waals surface area contributed by atoms with Gasteiger partial charge >= 0.3 is 0 Å². The number of nitrogens with one attached hydrogen (secondary N) is 2. The van der Waals surface area contributed by atoms with E-state index in [1.807, 2.05) is 18.2 Å². The van der Waals surface area contributed by atoms with E-state index in [0.717, 1.165) is 0 Å². The maximum Gasteiger partial charge on any atom is 0.255 e. The summed E-state index contributed by atoms with van der Waals surface area (Å²) in [7, 11) is -3.58. The minimum atomic E-state index is -3.58. The quantitative estimate of drug-likeness (QED) is 0.804. The standard InChI is InChI=1S/C16H16N2O3S/c1-2-12-17-22(20,21)15-10-8-13(9-11-15)16(19)18-14-6-4-3-5-7-14/h2-11,17H,1,12H2,(H,18,19). The average molecular weight is 316 g/mol. The fourth-order valence-electron chi connectivity index (χ4n) is 1.76. The minimum absolute atomic E-state index is 0.102. The maximum atomic E-state index is 12.1. The predicted octanol–water partition coefficient (Wildman–Crippen LogP) is 2.40. The van der Waals surface area contributed by atoms with E-state index in [-0.39, 0.29) is 17.3 Å². The molecule has 5 nitrogen and oxygen atoms in total. The van der Waals surface area contributed by atoms with E-state index in [0.29, 0.717) is 11.3 Å². The lowest BCUT2D eigenvalue weighted by molar-refractivity contribution is 0.102. The SMILES string of the molecule is C=CCNS(=O)(=O)c1ccc(C(=O)Nc2ccccc2)cc1. The van der Waals surface area contributed by atoms with Crippen LogP contribution < -0.4 is 10.0 Å². The monoisotopic (exact) mass is 316 g/mol. The molecule has 6 heteroatoms. The molecule has 0 fully saturated rings. The van der Waals surface area contributed by atoms with Gasteiger partial charge in [-0.3, -0.25) is 4.79 Å². The van der Waals surface area contributed by atoms with Gasteiger partial charge < -0.3 is 5.32 Å². The average Bonchev–Trinajstić information content (AvgIpc) is 2.54. The molecule has 0 spiro atoms. The second-order valence-electron chi connectivity index (χ2n) is 4.49. The van der Waals surface area contributed by atoms with Gasteiger partial charge in [0.25, 0.3) is 5.91 Å². The maximum absolute atomic E-state index is 12.1. The van der Waals surface area contributed by atoms with Crippen LogP contribution in [0, 0.1) is 0 Å². The summed E-state index contributed by atoms with van der Waals surface area (Å²) in [6.45, 7) is 3.61. The zero-order valence-corrected chi connectivity index (χ0v) is 12.6. The van der Waals surface area contributed by atoms with E-state index in [1.165, 1.54) is 30.3 Å². The number of hydrogen-bond acceptors (Lipinski definition) is 3. The molecule has 0 heterocycles. The van der Waals surface area contributed by atoms with Crippen molar-refractivity contribution in [2.45, 2.75) is 4.90 Å². The van der Waals surface area contributed by atoms with E-state index in [4.69, 9.17) is 0 Å². The predicted molar refractivity (Wildman–Crippen MR) is 86.2 cm³/mol. The van der Waals surface area contributed by atoms with Crippen LogP contribution in [0.5, 0.6) is 0 Å². The Kier molecular flexibility index (Phi) is 5.08. The number of amides is 1. The summed E-state index contributed by atoms with van der Waals surface area (Å²) in [5.74, 6) is -0.297. The normalized spacial score (nSPS) is 10.9. The number of para-hydroxylation sites is 1. The van der Waals surface area contributed by atoms with E-state index in [1.54, 1.807) is 12.1 Å². The zero-order chi connectivity index (χ0) is 16.0. The number of sulfonamides is 1. The van der Waals surface area contributed by atoms with Gasteiger partial charge in [-0.15, -0.1) is 6.58 Å². The van der Waals surface area contributed by atoms with Crippen molar-refractivity contribution in [3.63, 3.8) is 0 Å². The molecule has 0 radical (unpaired) electrons. The Labute approximate surface area is 129 Å². The molecule has 1 amide bonds. The molecule has 0 unspecified atom stereocenters. The summed E-state index contributed by atoms with van der Waals surface area (Å²) in [5.41, 5.74) is 1.06. The highest BCUT2D eigenvalue weighted by atomic mass is 32.2. The van der Waals surface area contributed by atoms with Crippen LogP contribution in [0.15, 0.2) is 72.1 Å². The Morgan fingerprint density at radius 3 is 2.27 bits per heavy atom. The van der Waals surface area contributed by atoms with Crippen LogP contribution in [0.1, 0.15) is 10.4 Å². The minimum Gasteiger partial charge on any atom is -0.322 e. The molecule has 22 heavy (non-hydrogen) atoms. The van der Waals surface area contributed by atoms with Gasteiger partial charge in [0.2, 0.25) is 10.0 Å². The van der Waals surface area contributed by atoms with Crippen molar-refractivity contribution < 1.29 is 13.2 Å². The van der Waals surface area contributed by atoms with E-state index in [9.17, 15) is 13.2 Å². The van der Waals surface area contributed by atoms with Crippen LogP contribution in [0.2, 0.25) is 0 Å². The van der Waals surface area contributed by atoms with Crippen LogP contribution in [0.3, 0.4) is 0 Å². The fourth-order valence-corrected chi connectivity index (χ4v) is 2.76. The summed E-state index contributed by atoms with van der Waals surface area (Å²) >= 11 is 0. The van der Waals surface area contributed by atoms with Crippen LogP contribution in [-0.2, 0) is 10.0 Å². The third-order valence-corrected chi connectivity index (χ3v) is 4.32. The third kappa shape index (κ3) is 4.03. The lowest BCUT2D eigenvalue weighted by Gasteiger charge is -2.07. The molecule has 2 N–H and O–H groups in total. The second kappa shape index (κ2) is 7.02. The molecule has 0 aliphatic heterocycles. The van der Waals surface area contributed by atoms with Crippen molar-refractivity contribution in [2.24, 2.45) is 0 Å². The smallest absolute Gasteiger partial charge is 0.255 e. The van der Waals surface area contributed by atoms with Crippen LogP contribution in [-0.4, -0.2) is 20.9 Å². The van der Waals surface area contributed by atoms with Gasteiger partial charge in [-0.25, -0.2) is 13.1 Å². The van der Waals surface area contributed by atoms with Crippen LogP contribution in [0.4, 0.5) is 5.69 Å². The Morgan fingerprint density at radius 1 is 1.05 bits per heavy atom. The van der Waals surface area contributed by atoms with Crippen molar-refractivity contribution in [1.29, 1.82) is 0 Å². The van der Waals surface area contributed by atoms with E-state index < -0.39 is 10.0 Å².